The van der Waals surface area contributed by atoms with E-state index in [0.29, 0.717) is 13.1 Å². The number of aromatic nitrogens is 1. The molecule has 1 amide bonds. The molecule has 2 aliphatic heterocycles. The molecule has 0 N–H and O–H groups in total. The van der Waals surface area contributed by atoms with Gasteiger partial charge in [0, 0.05) is 17.8 Å². The predicted octanol–water partition coefficient (Wildman–Crippen LogP) is 3.40. The van der Waals surface area contributed by atoms with Crippen LogP contribution in [0.4, 0.5) is 10.5 Å². The van der Waals surface area contributed by atoms with Crippen molar-refractivity contribution in [3.63, 3.8) is 0 Å². The molecule has 1 atom stereocenters. The number of hydrogen-bond donors (Lipinski definition) is 0. The Bertz CT molecular complexity index is 1070. The molecule has 0 aliphatic carbocycles. The van der Waals surface area contributed by atoms with Gasteiger partial charge in [0.05, 0.1) is 13.7 Å². The Labute approximate surface area is 174 Å². The highest BCUT2D eigenvalue weighted by Crippen LogP contribution is 2.35. The largest absolute Gasteiger partial charge is 0.497 e. The monoisotopic (exact) mass is 405 g/mol. The van der Waals surface area contributed by atoms with Gasteiger partial charge in [0.25, 0.3) is 0 Å². The quantitative estimate of drug-likeness (QED) is 0.609. The van der Waals surface area contributed by atoms with Gasteiger partial charge < -0.3 is 18.9 Å². The summed E-state index contributed by atoms with van der Waals surface area (Å²) in [6.07, 6.45) is 3.43. The van der Waals surface area contributed by atoms with Crippen molar-refractivity contribution in [2.45, 2.75) is 12.6 Å². The lowest BCUT2D eigenvalue weighted by atomic mass is 10.1. The highest BCUT2D eigenvalue weighted by Gasteiger charge is 2.34. The zero-order valence-electron chi connectivity index (χ0n) is 16.5. The lowest BCUT2D eigenvalue weighted by Crippen LogP contribution is -2.40. The fourth-order valence-electron chi connectivity index (χ4n) is 3.67. The molecule has 30 heavy (non-hydrogen) atoms. The van der Waals surface area contributed by atoms with Crippen LogP contribution in [0.3, 0.4) is 0 Å². The molecule has 2 aliphatic rings. The summed E-state index contributed by atoms with van der Waals surface area (Å²) in [6, 6.07) is 17.4. The van der Waals surface area contributed by atoms with Crippen LogP contribution >= 0.6 is 0 Å². The average molecular weight is 405 g/mol. The first-order chi connectivity index (χ1) is 14.7. The second-order valence-electron chi connectivity index (χ2n) is 7.17. The van der Waals surface area contributed by atoms with Gasteiger partial charge in [0.15, 0.2) is 36.5 Å². The molecule has 3 aromatic rings. The number of methoxy groups -OCH3 is 1. The number of ether oxygens (including phenoxy) is 4. The number of carbonyl (C=O) groups excluding carboxylic acids is 1. The molecule has 1 saturated heterocycles. The molecule has 1 aromatic heterocycles. The maximum Gasteiger partial charge on any atom is 0.414 e. The fourth-order valence-corrected chi connectivity index (χ4v) is 3.67. The summed E-state index contributed by atoms with van der Waals surface area (Å²) in [6.45, 7) is 1.35. The molecular weight excluding hydrogens is 384 g/mol. The molecule has 0 saturated carbocycles. The molecule has 2 aromatic carbocycles. The summed E-state index contributed by atoms with van der Waals surface area (Å²) in [5.41, 5.74) is 2.93. The molecule has 7 nitrogen and oxygen atoms in total. The summed E-state index contributed by atoms with van der Waals surface area (Å²) in [4.78, 5) is 13.9. The maximum absolute atomic E-state index is 12.3. The molecule has 3 heterocycles. The highest BCUT2D eigenvalue weighted by atomic mass is 16.7. The fraction of sp³-hybridized carbons (Fsp3) is 0.217. The lowest BCUT2D eigenvalue weighted by molar-refractivity contribution is -0.702. The van der Waals surface area contributed by atoms with Crippen molar-refractivity contribution in [2.24, 2.45) is 0 Å². The van der Waals surface area contributed by atoms with Gasteiger partial charge >= 0.3 is 6.09 Å². The number of benzene rings is 2. The predicted molar refractivity (Wildman–Crippen MR) is 109 cm³/mol. The molecule has 5 rings (SSSR count). The normalized spacial score (nSPS) is 17.2. The van der Waals surface area contributed by atoms with Crippen LogP contribution in [0.15, 0.2) is 67.0 Å². The van der Waals surface area contributed by atoms with E-state index in [0.717, 1.165) is 34.1 Å². The number of carbonyl (C=O) groups is 1. The lowest BCUT2D eigenvalue weighted by Gasteiger charge is -2.12. The van der Waals surface area contributed by atoms with Crippen molar-refractivity contribution < 1.29 is 28.3 Å². The Morgan fingerprint density at radius 2 is 1.77 bits per heavy atom. The number of pyridine rings is 1. The van der Waals surface area contributed by atoms with Crippen LogP contribution < -0.4 is 23.7 Å². The van der Waals surface area contributed by atoms with E-state index in [1.165, 1.54) is 0 Å². The number of rotatable bonds is 5. The number of hydrogen-bond acceptors (Lipinski definition) is 5. The third-order valence-corrected chi connectivity index (χ3v) is 5.27. The van der Waals surface area contributed by atoms with Crippen molar-refractivity contribution in [3.05, 3.63) is 67.0 Å². The van der Waals surface area contributed by atoms with Crippen LogP contribution in [0.25, 0.3) is 11.1 Å². The van der Waals surface area contributed by atoms with Gasteiger partial charge in [-0.3, -0.25) is 4.90 Å². The van der Waals surface area contributed by atoms with Gasteiger partial charge in [-0.05, 0) is 47.5 Å². The third kappa shape index (κ3) is 3.50. The minimum Gasteiger partial charge on any atom is -0.497 e. The minimum atomic E-state index is -0.331. The molecule has 7 heteroatoms. The average Bonchev–Trinajstić information content (AvgIpc) is 3.40. The number of cyclic esters (lactones) is 1. The number of nitrogens with zero attached hydrogens (tertiary/aromatic N) is 2. The zero-order chi connectivity index (χ0) is 20.5. The number of anilines is 1. The second-order valence-corrected chi connectivity index (χ2v) is 7.17. The van der Waals surface area contributed by atoms with Crippen molar-refractivity contribution in [1.29, 1.82) is 0 Å². The summed E-state index contributed by atoms with van der Waals surface area (Å²) >= 11 is 0. The van der Waals surface area contributed by atoms with Crippen LogP contribution in [-0.4, -0.2) is 32.6 Å². The first kappa shape index (κ1) is 18.3. The van der Waals surface area contributed by atoms with Gasteiger partial charge in [0.2, 0.25) is 6.79 Å². The minimum absolute atomic E-state index is 0.221. The molecule has 152 valence electrons. The standard InChI is InChI=1S/C23H21N2O5/c1-27-19-5-3-18(4-6-19)25-14-20(30-23(25)26)13-24-10-8-16(9-11-24)17-2-7-21-22(12-17)29-15-28-21/h2-12,20H,13-15H2,1H3/q+1. The molecular formula is C23H21N2O5+. The van der Waals surface area contributed by atoms with Gasteiger partial charge in [-0.25, -0.2) is 9.36 Å². The third-order valence-electron chi connectivity index (χ3n) is 5.27. The van der Waals surface area contributed by atoms with Gasteiger partial charge in [-0.1, -0.05) is 6.07 Å². The Morgan fingerprint density at radius 1 is 1.00 bits per heavy atom. The number of amides is 1. The molecule has 1 fully saturated rings. The Morgan fingerprint density at radius 3 is 2.53 bits per heavy atom. The Balaban J connectivity index is 1.25. The second kappa shape index (κ2) is 7.59. The van der Waals surface area contributed by atoms with Crippen molar-refractivity contribution in [1.82, 2.24) is 0 Å². The van der Waals surface area contributed by atoms with Crippen LogP contribution in [0.1, 0.15) is 0 Å². The van der Waals surface area contributed by atoms with E-state index in [4.69, 9.17) is 18.9 Å². The van der Waals surface area contributed by atoms with E-state index in [9.17, 15) is 4.79 Å². The maximum atomic E-state index is 12.3. The van der Waals surface area contributed by atoms with Gasteiger partial charge in [-0.15, -0.1) is 0 Å². The summed E-state index contributed by atoms with van der Waals surface area (Å²) in [5.74, 6) is 2.29. The summed E-state index contributed by atoms with van der Waals surface area (Å²) < 4.78 is 23.6. The topological polar surface area (TPSA) is 61.1 Å². The van der Waals surface area contributed by atoms with Crippen LogP contribution in [0, 0.1) is 0 Å². The molecule has 0 spiro atoms. The van der Waals surface area contributed by atoms with Crippen LogP contribution in [0.2, 0.25) is 0 Å². The van der Waals surface area contributed by atoms with E-state index < -0.39 is 0 Å². The smallest absolute Gasteiger partial charge is 0.414 e. The van der Waals surface area contributed by atoms with E-state index in [1.807, 2.05) is 71.6 Å². The van der Waals surface area contributed by atoms with Gasteiger partial charge in [-0.2, -0.15) is 0 Å². The van der Waals surface area contributed by atoms with Gasteiger partial charge in [0.1, 0.15) is 5.75 Å². The van der Waals surface area contributed by atoms with Crippen molar-refractivity contribution in [3.8, 4) is 28.4 Å². The van der Waals surface area contributed by atoms with Crippen molar-refractivity contribution in [2.75, 3.05) is 25.3 Å². The SMILES string of the molecule is COc1ccc(N2CC(C[n+]3ccc(-c4ccc5c(c4)OCO5)cc3)OC2=O)cc1. The van der Waals surface area contributed by atoms with Crippen LogP contribution in [-0.2, 0) is 11.3 Å². The van der Waals surface area contributed by atoms with E-state index in [2.05, 4.69) is 0 Å². The molecule has 0 radical (unpaired) electrons. The Kier molecular flexibility index (Phi) is 4.63. The van der Waals surface area contributed by atoms with E-state index in [-0.39, 0.29) is 19.0 Å². The summed E-state index contributed by atoms with van der Waals surface area (Å²) in [7, 11) is 1.62. The molecule has 0 bridgehead atoms. The van der Waals surface area contributed by atoms with Crippen LogP contribution in [0.5, 0.6) is 17.2 Å². The Hall–Kier alpha value is -3.74. The summed E-state index contributed by atoms with van der Waals surface area (Å²) in [5, 5.41) is 0. The van der Waals surface area contributed by atoms with E-state index >= 15 is 0 Å². The number of fused-ring (bicyclic) bond motifs is 1. The van der Waals surface area contributed by atoms with E-state index in [1.54, 1.807) is 12.0 Å². The highest BCUT2D eigenvalue weighted by molar-refractivity contribution is 5.89. The zero-order valence-corrected chi connectivity index (χ0v) is 16.5. The first-order valence-corrected chi connectivity index (χ1v) is 9.71. The first-order valence-electron chi connectivity index (χ1n) is 9.71. The molecule has 1 unspecified atom stereocenters. The van der Waals surface area contributed by atoms with Crippen molar-refractivity contribution >= 4 is 11.8 Å².